The number of pyridine rings is 1. The summed E-state index contributed by atoms with van der Waals surface area (Å²) in [6.07, 6.45) is 1.62. The van der Waals surface area contributed by atoms with Crippen LogP contribution in [-0.4, -0.2) is 4.98 Å². The van der Waals surface area contributed by atoms with E-state index in [0.29, 0.717) is 5.15 Å². The summed E-state index contributed by atoms with van der Waals surface area (Å²) in [5.74, 6) is 0. The molecule has 0 saturated carbocycles. The zero-order valence-corrected chi connectivity index (χ0v) is 9.12. The minimum absolute atomic E-state index is 0. The molecule has 0 atom stereocenters. The van der Waals surface area contributed by atoms with Crippen molar-refractivity contribution in [1.29, 1.82) is 0 Å². The van der Waals surface area contributed by atoms with Crippen LogP contribution in [0.15, 0.2) is 18.3 Å². The van der Waals surface area contributed by atoms with Crippen molar-refractivity contribution in [3.05, 3.63) is 29.5 Å². The standard InChI is InChI=1S/C5H3ClN.ClH.Zn/c6-5-3-1-2-4-7-5;;/h1-2,4H;1H;/p-1. The van der Waals surface area contributed by atoms with Crippen molar-refractivity contribution in [2.75, 3.05) is 0 Å². The molecule has 0 fully saturated rings. The molecule has 0 spiro atoms. The summed E-state index contributed by atoms with van der Waals surface area (Å²) in [6.45, 7) is 0. The van der Waals surface area contributed by atoms with Gasteiger partial charge in [0.15, 0.2) is 0 Å². The molecular weight excluding hydrogens is 210 g/mol. The summed E-state index contributed by atoms with van der Waals surface area (Å²) >= 11 is 5.37. The molecule has 0 bridgehead atoms. The van der Waals surface area contributed by atoms with Crippen molar-refractivity contribution in [2.45, 2.75) is 0 Å². The van der Waals surface area contributed by atoms with Gasteiger partial charge in [-0.1, -0.05) is 11.6 Å². The third kappa shape index (κ3) is 4.83. The molecule has 1 radical (unpaired) electrons. The molecule has 45 valence electrons. The van der Waals surface area contributed by atoms with Crippen LogP contribution in [0.5, 0.6) is 0 Å². The molecule has 0 amide bonds. The van der Waals surface area contributed by atoms with E-state index in [1.807, 2.05) is 0 Å². The Morgan fingerprint density at radius 2 is 2.22 bits per heavy atom. The maximum Gasteiger partial charge on any atom is 0.136 e. The Morgan fingerprint density at radius 3 is 2.44 bits per heavy atom. The van der Waals surface area contributed by atoms with Gasteiger partial charge in [0.2, 0.25) is 0 Å². The zero-order valence-electron chi connectivity index (χ0n) is 4.64. The maximum atomic E-state index is 5.37. The van der Waals surface area contributed by atoms with Crippen LogP contribution < -0.4 is 12.4 Å². The van der Waals surface area contributed by atoms with Gasteiger partial charge in [0.25, 0.3) is 0 Å². The summed E-state index contributed by atoms with van der Waals surface area (Å²) in [4.78, 5) is 3.69. The van der Waals surface area contributed by atoms with Crippen LogP contribution in [0.1, 0.15) is 0 Å². The number of halogens is 2. The van der Waals surface area contributed by atoms with Gasteiger partial charge in [0.1, 0.15) is 5.15 Å². The first-order chi connectivity index (χ1) is 3.39. The Labute approximate surface area is 78.0 Å². The third-order valence-electron chi connectivity index (χ3n) is 0.573. The van der Waals surface area contributed by atoms with E-state index in [0.717, 1.165) is 0 Å². The first-order valence-corrected chi connectivity index (χ1v) is 2.25. The summed E-state index contributed by atoms with van der Waals surface area (Å²) in [5, 5.41) is 0.419. The largest absolute Gasteiger partial charge is 1.00 e. The Morgan fingerprint density at radius 1 is 1.56 bits per heavy atom. The molecule has 0 aliphatic heterocycles. The van der Waals surface area contributed by atoms with Gasteiger partial charge in [0, 0.05) is 31.7 Å². The van der Waals surface area contributed by atoms with Crippen molar-refractivity contribution in [3.63, 3.8) is 0 Å². The smallest absolute Gasteiger partial charge is 0.136 e. The molecule has 1 rings (SSSR count). The first kappa shape index (κ1) is 12.1. The predicted molar refractivity (Wildman–Crippen MR) is 28.1 cm³/mol. The molecular formula is C5H3Cl2NZn-. The molecule has 1 nitrogen and oxygen atoms in total. The normalized spacial score (nSPS) is 6.78. The second kappa shape index (κ2) is 6.47. The minimum Gasteiger partial charge on any atom is -1.00 e. The van der Waals surface area contributed by atoms with Gasteiger partial charge < -0.3 is 12.4 Å². The van der Waals surface area contributed by atoms with Crippen molar-refractivity contribution >= 4 is 11.6 Å². The van der Waals surface area contributed by atoms with E-state index in [1.54, 1.807) is 18.3 Å². The van der Waals surface area contributed by atoms with Gasteiger partial charge >= 0.3 is 0 Å². The van der Waals surface area contributed by atoms with Crippen molar-refractivity contribution in [1.82, 2.24) is 4.98 Å². The van der Waals surface area contributed by atoms with Crippen LogP contribution in [0, 0.1) is 6.07 Å². The molecule has 0 saturated heterocycles. The van der Waals surface area contributed by atoms with Crippen molar-refractivity contribution < 1.29 is 31.9 Å². The average Bonchev–Trinajstić information content (AvgIpc) is 1.69. The quantitative estimate of drug-likeness (QED) is 0.379. The fourth-order valence-corrected chi connectivity index (χ4v) is 0.425. The fourth-order valence-electron chi connectivity index (χ4n) is 0.306. The zero-order chi connectivity index (χ0) is 5.11. The molecule has 0 aromatic carbocycles. The fraction of sp³-hybridized carbons (Fsp3) is 0. The molecule has 1 aromatic rings. The van der Waals surface area contributed by atoms with E-state index in [-0.39, 0.29) is 31.9 Å². The Hall–Kier alpha value is 0.353. The topological polar surface area (TPSA) is 12.9 Å². The van der Waals surface area contributed by atoms with Gasteiger partial charge in [-0.3, -0.25) is 0 Å². The second-order valence-corrected chi connectivity index (χ2v) is 1.43. The first-order valence-electron chi connectivity index (χ1n) is 1.88. The Balaban J connectivity index is 0. The van der Waals surface area contributed by atoms with Crippen LogP contribution >= 0.6 is 11.6 Å². The number of hydrogen-bond donors (Lipinski definition) is 0. The van der Waals surface area contributed by atoms with Gasteiger partial charge in [-0.25, -0.2) is 4.98 Å². The molecule has 4 heteroatoms. The Bertz CT molecular complexity index is 145. The minimum atomic E-state index is 0. The van der Waals surface area contributed by atoms with Crippen LogP contribution in [0.25, 0.3) is 0 Å². The molecule has 9 heavy (non-hydrogen) atoms. The molecule has 0 aliphatic rings. The van der Waals surface area contributed by atoms with E-state index in [9.17, 15) is 0 Å². The van der Waals surface area contributed by atoms with Gasteiger partial charge in [-0.2, -0.15) is 0 Å². The molecule has 1 heterocycles. The third-order valence-corrected chi connectivity index (χ3v) is 0.779. The summed E-state index contributed by atoms with van der Waals surface area (Å²) in [6, 6.07) is 6.17. The predicted octanol–water partition coefficient (Wildman–Crippen LogP) is -1.46. The van der Waals surface area contributed by atoms with Gasteiger partial charge in [-0.15, -0.1) is 0 Å². The van der Waals surface area contributed by atoms with Gasteiger partial charge in [-0.05, 0) is 12.1 Å². The number of rotatable bonds is 0. The molecule has 1 aromatic heterocycles. The summed E-state index contributed by atoms with van der Waals surface area (Å²) in [5.41, 5.74) is 0. The van der Waals surface area contributed by atoms with E-state index in [1.165, 1.54) is 0 Å². The van der Waals surface area contributed by atoms with E-state index < -0.39 is 0 Å². The van der Waals surface area contributed by atoms with Crippen LogP contribution in [0.2, 0.25) is 5.15 Å². The summed E-state index contributed by atoms with van der Waals surface area (Å²) < 4.78 is 0. The van der Waals surface area contributed by atoms with E-state index in [2.05, 4.69) is 11.1 Å². The van der Waals surface area contributed by atoms with Gasteiger partial charge in [0.05, 0.1) is 0 Å². The second-order valence-electron chi connectivity index (χ2n) is 1.07. The van der Waals surface area contributed by atoms with Crippen molar-refractivity contribution in [3.8, 4) is 0 Å². The Kier molecular flexibility index (Phi) is 8.68. The van der Waals surface area contributed by atoms with Crippen molar-refractivity contribution in [2.24, 2.45) is 0 Å². The number of aromatic nitrogens is 1. The average molecular weight is 213 g/mol. The number of nitrogens with zero attached hydrogens (tertiary/aromatic N) is 1. The maximum absolute atomic E-state index is 5.37. The molecule has 0 N–H and O–H groups in total. The number of hydrogen-bond acceptors (Lipinski definition) is 1. The van der Waals surface area contributed by atoms with Crippen LogP contribution in [0.4, 0.5) is 0 Å². The molecule has 0 unspecified atom stereocenters. The van der Waals surface area contributed by atoms with Crippen LogP contribution in [0.3, 0.4) is 0 Å². The summed E-state index contributed by atoms with van der Waals surface area (Å²) in [7, 11) is 0. The van der Waals surface area contributed by atoms with E-state index in [4.69, 9.17) is 11.6 Å². The van der Waals surface area contributed by atoms with E-state index >= 15 is 0 Å². The monoisotopic (exact) mass is 211 g/mol. The van der Waals surface area contributed by atoms with Crippen LogP contribution in [-0.2, 0) is 19.5 Å². The molecule has 0 aliphatic carbocycles. The SMILES string of the molecule is Clc1[c]cccn1.[Cl-].[Zn].